The molecule has 1 fully saturated rings. The minimum atomic E-state index is -3.81. The van der Waals surface area contributed by atoms with E-state index in [0.717, 1.165) is 11.3 Å². The monoisotopic (exact) mass is 457 g/mol. The van der Waals surface area contributed by atoms with Crippen molar-refractivity contribution in [1.82, 2.24) is 9.62 Å². The highest BCUT2D eigenvalue weighted by Gasteiger charge is 2.33. The molecule has 3 rings (SSSR count). The Hall–Kier alpha value is -2.71. The second-order valence-electron chi connectivity index (χ2n) is 8.57. The number of nitrogens with zero attached hydrogens (tertiary/aromatic N) is 2. The number of ketones is 1. The van der Waals surface area contributed by atoms with Crippen molar-refractivity contribution in [2.75, 3.05) is 31.1 Å². The largest absolute Gasteiger partial charge is 0.368 e. The van der Waals surface area contributed by atoms with Crippen LogP contribution in [0.5, 0.6) is 0 Å². The third-order valence-electron chi connectivity index (χ3n) is 5.78. The SMILES string of the molecule is CC(=O)c1ccc(N2CCN(C(=O)[C@@H](NS(=O)(=O)c3ccc(C)cc3)C(C)C)CC2)cc1. The second-order valence-corrected chi connectivity index (χ2v) is 10.3. The minimum Gasteiger partial charge on any atom is -0.368 e. The van der Waals surface area contributed by atoms with E-state index in [2.05, 4.69) is 9.62 Å². The summed E-state index contributed by atoms with van der Waals surface area (Å²) in [6, 6.07) is 13.2. The summed E-state index contributed by atoms with van der Waals surface area (Å²) in [4.78, 5) is 28.7. The number of carbonyl (C=O) groups excluding carboxylic acids is 2. The number of benzene rings is 2. The molecule has 0 radical (unpaired) electrons. The Balaban J connectivity index is 1.66. The lowest BCUT2D eigenvalue weighted by atomic mass is 10.0. The predicted molar refractivity (Wildman–Crippen MR) is 125 cm³/mol. The third kappa shape index (κ3) is 5.55. The van der Waals surface area contributed by atoms with E-state index in [4.69, 9.17) is 0 Å². The van der Waals surface area contributed by atoms with E-state index in [1.807, 2.05) is 45.0 Å². The first-order valence-corrected chi connectivity index (χ1v) is 12.3. The Labute approximate surface area is 190 Å². The molecule has 7 nitrogen and oxygen atoms in total. The molecule has 1 saturated heterocycles. The van der Waals surface area contributed by atoms with E-state index >= 15 is 0 Å². The third-order valence-corrected chi connectivity index (χ3v) is 7.23. The molecule has 2 aromatic rings. The van der Waals surface area contributed by atoms with Gasteiger partial charge in [0, 0.05) is 37.4 Å². The first kappa shape index (κ1) is 23.9. The highest BCUT2D eigenvalue weighted by Crippen LogP contribution is 2.20. The fourth-order valence-corrected chi connectivity index (χ4v) is 5.05. The van der Waals surface area contributed by atoms with Crippen molar-refractivity contribution in [2.24, 2.45) is 5.92 Å². The van der Waals surface area contributed by atoms with Crippen LogP contribution in [0.1, 0.15) is 36.7 Å². The average molecular weight is 458 g/mol. The molecular weight excluding hydrogens is 426 g/mol. The summed E-state index contributed by atoms with van der Waals surface area (Å²) in [5, 5.41) is 0. The molecule has 1 aliphatic rings. The van der Waals surface area contributed by atoms with Crippen LogP contribution in [0.3, 0.4) is 0 Å². The number of amides is 1. The van der Waals surface area contributed by atoms with Crippen molar-refractivity contribution in [3.05, 3.63) is 59.7 Å². The lowest BCUT2D eigenvalue weighted by Gasteiger charge is -2.38. The summed E-state index contributed by atoms with van der Waals surface area (Å²) in [5.74, 6) is -0.373. The van der Waals surface area contributed by atoms with Gasteiger partial charge in [-0.05, 0) is 56.2 Å². The zero-order valence-electron chi connectivity index (χ0n) is 19.0. The summed E-state index contributed by atoms with van der Waals surface area (Å²) in [7, 11) is -3.81. The maximum atomic E-state index is 13.2. The minimum absolute atomic E-state index is 0.0276. The molecule has 1 amide bonds. The highest BCUT2D eigenvalue weighted by atomic mass is 32.2. The first-order chi connectivity index (χ1) is 15.1. The van der Waals surface area contributed by atoms with E-state index in [1.54, 1.807) is 29.2 Å². The van der Waals surface area contributed by atoms with Gasteiger partial charge in [0.2, 0.25) is 15.9 Å². The first-order valence-electron chi connectivity index (χ1n) is 10.8. The molecule has 1 aliphatic heterocycles. The number of hydrogen-bond acceptors (Lipinski definition) is 5. The molecule has 1 N–H and O–H groups in total. The van der Waals surface area contributed by atoms with E-state index in [0.29, 0.717) is 31.7 Å². The summed E-state index contributed by atoms with van der Waals surface area (Å²) < 4.78 is 28.3. The molecule has 0 aromatic heterocycles. The summed E-state index contributed by atoms with van der Waals surface area (Å²) in [5.41, 5.74) is 2.64. The molecule has 32 heavy (non-hydrogen) atoms. The van der Waals surface area contributed by atoms with E-state index < -0.39 is 16.1 Å². The van der Waals surface area contributed by atoms with Crippen LogP contribution in [-0.2, 0) is 14.8 Å². The van der Waals surface area contributed by atoms with Crippen molar-refractivity contribution in [1.29, 1.82) is 0 Å². The van der Waals surface area contributed by atoms with Crippen molar-refractivity contribution >= 4 is 27.4 Å². The van der Waals surface area contributed by atoms with Gasteiger partial charge in [-0.25, -0.2) is 8.42 Å². The molecular formula is C24H31N3O4S. The summed E-state index contributed by atoms with van der Waals surface area (Å²) in [6.45, 7) is 9.40. The van der Waals surface area contributed by atoms with Crippen LogP contribution in [0.25, 0.3) is 0 Å². The number of rotatable bonds is 7. The van der Waals surface area contributed by atoms with Gasteiger partial charge in [-0.15, -0.1) is 0 Å². The smallest absolute Gasteiger partial charge is 0.241 e. The number of hydrogen-bond donors (Lipinski definition) is 1. The van der Waals surface area contributed by atoms with Crippen LogP contribution in [0, 0.1) is 12.8 Å². The summed E-state index contributed by atoms with van der Waals surface area (Å²) >= 11 is 0. The van der Waals surface area contributed by atoms with Crippen LogP contribution >= 0.6 is 0 Å². The van der Waals surface area contributed by atoms with Gasteiger partial charge in [-0.3, -0.25) is 9.59 Å². The number of Topliss-reactive ketones (excluding diaryl/α,β-unsaturated/α-hetero) is 1. The van der Waals surface area contributed by atoms with E-state index in [9.17, 15) is 18.0 Å². The molecule has 0 spiro atoms. The molecule has 8 heteroatoms. The van der Waals surface area contributed by atoms with E-state index in [1.165, 1.54) is 6.92 Å². The number of nitrogens with one attached hydrogen (secondary N) is 1. The van der Waals surface area contributed by atoms with Crippen molar-refractivity contribution in [3.8, 4) is 0 Å². The van der Waals surface area contributed by atoms with Gasteiger partial charge in [0.15, 0.2) is 5.78 Å². The Kier molecular flexibility index (Phi) is 7.36. The van der Waals surface area contributed by atoms with Crippen LogP contribution in [-0.4, -0.2) is 57.2 Å². The van der Waals surface area contributed by atoms with Gasteiger partial charge >= 0.3 is 0 Å². The van der Waals surface area contributed by atoms with Gasteiger partial charge in [0.1, 0.15) is 6.04 Å². The van der Waals surface area contributed by atoms with Gasteiger partial charge < -0.3 is 9.80 Å². The maximum absolute atomic E-state index is 13.2. The quantitative estimate of drug-likeness (QED) is 0.646. The maximum Gasteiger partial charge on any atom is 0.241 e. The van der Waals surface area contributed by atoms with Crippen LogP contribution in [0.2, 0.25) is 0 Å². The zero-order chi connectivity index (χ0) is 23.5. The predicted octanol–water partition coefficient (Wildman–Crippen LogP) is 2.85. The molecule has 0 aliphatic carbocycles. The van der Waals surface area contributed by atoms with Gasteiger partial charge in [0.05, 0.1) is 4.90 Å². The molecule has 0 bridgehead atoms. The Bertz CT molecular complexity index is 1060. The Morgan fingerprint density at radius 1 is 0.906 bits per heavy atom. The summed E-state index contributed by atoms with van der Waals surface area (Å²) in [6.07, 6.45) is 0. The second kappa shape index (κ2) is 9.83. The normalized spacial score (nSPS) is 15.7. The van der Waals surface area contributed by atoms with E-state index in [-0.39, 0.29) is 22.5 Å². The standard InChI is InChI=1S/C24H31N3O4S/c1-17(2)23(25-32(30,31)22-11-5-18(3)6-12-22)24(29)27-15-13-26(14-16-27)21-9-7-20(8-10-21)19(4)28/h5-12,17,23,25H,13-16H2,1-4H3/t23-/m0/s1. The van der Waals surface area contributed by atoms with Crippen LogP contribution in [0.15, 0.2) is 53.4 Å². The lowest BCUT2D eigenvalue weighted by molar-refractivity contribution is -0.134. The number of carbonyl (C=O) groups is 2. The van der Waals surface area contributed by atoms with Crippen molar-refractivity contribution in [2.45, 2.75) is 38.6 Å². The number of piperazine rings is 1. The van der Waals surface area contributed by atoms with Crippen molar-refractivity contribution in [3.63, 3.8) is 0 Å². The topological polar surface area (TPSA) is 86.8 Å². The molecule has 2 aromatic carbocycles. The van der Waals surface area contributed by atoms with Gasteiger partial charge in [-0.1, -0.05) is 31.5 Å². The van der Waals surface area contributed by atoms with Crippen LogP contribution in [0.4, 0.5) is 5.69 Å². The molecule has 0 saturated carbocycles. The highest BCUT2D eigenvalue weighted by molar-refractivity contribution is 7.89. The van der Waals surface area contributed by atoms with Crippen molar-refractivity contribution < 1.29 is 18.0 Å². The Morgan fingerprint density at radius 3 is 1.97 bits per heavy atom. The molecule has 0 unspecified atom stereocenters. The van der Waals surface area contributed by atoms with Gasteiger partial charge in [0.25, 0.3) is 0 Å². The number of sulfonamides is 1. The lowest BCUT2D eigenvalue weighted by Crippen LogP contribution is -2.56. The Morgan fingerprint density at radius 2 is 1.47 bits per heavy atom. The molecule has 172 valence electrons. The fourth-order valence-electron chi connectivity index (χ4n) is 3.71. The molecule has 1 heterocycles. The zero-order valence-corrected chi connectivity index (χ0v) is 19.9. The van der Waals surface area contributed by atoms with Gasteiger partial charge in [-0.2, -0.15) is 4.72 Å². The average Bonchev–Trinajstić information content (AvgIpc) is 2.77. The number of aryl methyl sites for hydroxylation is 1. The fraction of sp³-hybridized carbons (Fsp3) is 0.417. The van der Waals surface area contributed by atoms with Crippen LogP contribution < -0.4 is 9.62 Å². The molecule has 1 atom stereocenters. The number of anilines is 1.